The molecule has 6 nitrogen and oxygen atoms in total. The number of amides is 1. The van der Waals surface area contributed by atoms with Gasteiger partial charge in [-0.2, -0.15) is 5.10 Å². The SMILES string of the molecule is O=C(c1ccn(COc2ccc(-c3ccccc3)cc2)n1)N1CCN(Cc2cccc(F)c2)CC1. The Balaban J connectivity index is 1.11. The van der Waals surface area contributed by atoms with Crippen molar-refractivity contribution in [2.75, 3.05) is 26.2 Å². The smallest absolute Gasteiger partial charge is 0.274 e. The molecule has 0 spiro atoms. The maximum Gasteiger partial charge on any atom is 0.274 e. The summed E-state index contributed by atoms with van der Waals surface area (Å²) < 4.78 is 20.9. The molecule has 0 radical (unpaired) electrons. The van der Waals surface area contributed by atoms with Crippen molar-refractivity contribution in [2.24, 2.45) is 0 Å². The van der Waals surface area contributed by atoms with Crippen LogP contribution in [-0.2, 0) is 13.3 Å². The zero-order chi connectivity index (χ0) is 24.0. The number of hydrogen-bond acceptors (Lipinski definition) is 4. The summed E-state index contributed by atoms with van der Waals surface area (Å²) in [7, 11) is 0. The van der Waals surface area contributed by atoms with Crippen LogP contribution in [0.3, 0.4) is 0 Å². The van der Waals surface area contributed by atoms with E-state index in [-0.39, 0.29) is 18.5 Å². The van der Waals surface area contributed by atoms with Crippen molar-refractivity contribution >= 4 is 5.91 Å². The lowest BCUT2D eigenvalue weighted by Gasteiger charge is -2.34. The first kappa shape index (κ1) is 22.8. The van der Waals surface area contributed by atoms with E-state index in [1.54, 1.807) is 29.1 Å². The van der Waals surface area contributed by atoms with Gasteiger partial charge in [-0.15, -0.1) is 0 Å². The first-order valence-electron chi connectivity index (χ1n) is 11.7. The topological polar surface area (TPSA) is 50.6 Å². The second-order valence-electron chi connectivity index (χ2n) is 8.60. The predicted octanol–water partition coefficient (Wildman–Crippen LogP) is 4.68. The third-order valence-corrected chi connectivity index (χ3v) is 6.14. The fraction of sp³-hybridized carbons (Fsp3) is 0.214. The molecule has 0 saturated carbocycles. The molecule has 1 amide bonds. The third-order valence-electron chi connectivity index (χ3n) is 6.14. The molecule has 0 bridgehead atoms. The number of carbonyl (C=O) groups is 1. The van der Waals surface area contributed by atoms with E-state index in [1.807, 2.05) is 53.4 Å². The molecule has 2 heterocycles. The minimum absolute atomic E-state index is 0.0821. The quantitative estimate of drug-likeness (QED) is 0.394. The lowest BCUT2D eigenvalue weighted by Crippen LogP contribution is -2.48. The molecule has 3 aromatic carbocycles. The Bertz CT molecular complexity index is 1270. The van der Waals surface area contributed by atoms with Crippen LogP contribution in [0.2, 0.25) is 0 Å². The minimum Gasteiger partial charge on any atom is -0.471 e. The second-order valence-corrected chi connectivity index (χ2v) is 8.60. The molecular formula is C28H27FN4O2. The highest BCUT2D eigenvalue weighted by Crippen LogP contribution is 2.22. The van der Waals surface area contributed by atoms with Crippen molar-refractivity contribution in [1.29, 1.82) is 0 Å². The number of carbonyl (C=O) groups excluding carboxylic acids is 1. The maximum absolute atomic E-state index is 13.4. The first-order valence-corrected chi connectivity index (χ1v) is 11.7. The molecule has 0 unspecified atom stereocenters. The lowest BCUT2D eigenvalue weighted by atomic mass is 10.1. The standard InChI is InChI=1S/C28H27FN4O2/c29-25-8-4-5-22(19-25)20-31-15-17-32(18-16-31)28(34)27-13-14-33(30-27)21-35-26-11-9-24(10-12-26)23-6-2-1-3-7-23/h1-14,19H,15-18,20-21H2. The Kier molecular flexibility index (Phi) is 6.86. The fourth-order valence-corrected chi connectivity index (χ4v) is 4.23. The normalized spacial score (nSPS) is 14.1. The third kappa shape index (κ3) is 5.75. The first-order chi connectivity index (χ1) is 17.1. The predicted molar refractivity (Wildman–Crippen MR) is 132 cm³/mol. The molecule has 1 fully saturated rings. The van der Waals surface area contributed by atoms with Crippen LogP contribution < -0.4 is 4.74 Å². The second kappa shape index (κ2) is 10.5. The van der Waals surface area contributed by atoms with E-state index < -0.39 is 0 Å². The Morgan fingerprint density at radius 3 is 2.34 bits per heavy atom. The molecule has 35 heavy (non-hydrogen) atoms. The average molecular weight is 471 g/mol. The van der Waals surface area contributed by atoms with Gasteiger partial charge in [-0.05, 0) is 47.0 Å². The molecular weight excluding hydrogens is 443 g/mol. The van der Waals surface area contributed by atoms with E-state index in [0.29, 0.717) is 25.3 Å². The van der Waals surface area contributed by atoms with Crippen molar-refractivity contribution < 1.29 is 13.9 Å². The molecule has 0 atom stereocenters. The summed E-state index contributed by atoms with van der Waals surface area (Å²) in [6.45, 7) is 3.62. The molecule has 4 aromatic rings. The number of piperazine rings is 1. The Hall–Kier alpha value is -3.97. The van der Waals surface area contributed by atoms with E-state index in [1.165, 1.54) is 6.07 Å². The minimum atomic E-state index is -0.222. The summed E-state index contributed by atoms with van der Waals surface area (Å²) in [6.07, 6.45) is 1.76. The maximum atomic E-state index is 13.4. The van der Waals surface area contributed by atoms with Crippen LogP contribution in [0.4, 0.5) is 4.39 Å². The van der Waals surface area contributed by atoms with Gasteiger partial charge in [-0.1, -0.05) is 54.6 Å². The van der Waals surface area contributed by atoms with Gasteiger partial charge in [0, 0.05) is 38.9 Å². The Morgan fingerprint density at radius 1 is 0.857 bits per heavy atom. The molecule has 178 valence electrons. The summed E-state index contributed by atoms with van der Waals surface area (Å²) in [5.74, 6) is 0.434. The van der Waals surface area contributed by atoms with Gasteiger partial charge in [0.1, 0.15) is 11.6 Å². The van der Waals surface area contributed by atoms with Crippen LogP contribution in [0.25, 0.3) is 11.1 Å². The van der Waals surface area contributed by atoms with E-state index in [4.69, 9.17) is 4.74 Å². The van der Waals surface area contributed by atoms with Crippen molar-refractivity contribution in [3.63, 3.8) is 0 Å². The number of ether oxygens (including phenoxy) is 1. The number of rotatable bonds is 7. The van der Waals surface area contributed by atoms with Crippen LogP contribution in [0.1, 0.15) is 16.1 Å². The van der Waals surface area contributed by atoms with Crippen molar-refractivity contribution in [1.82, 2.24) is 19.6 Å². The summed E-state index contributed by atoms with van der Waals surface area (Å²) in [4.78, 5) is 17.0. The van der Waals surface area contributed by atoms with Gasteiger partial charge in [0.2, 0.25) is 0 Å². The zero-order valence-electron chi connectivity index (χ0n) is 19.4. The fourth-order valence-electron chi connectivity index (χ4n) is 4.23. The van der Waals surface area contributed by atoms with Gasteiger partial charge in [-0.25, -0.2) is 9.07 Å². The van der Waals surface area contributed by atoms with E-state index in [9.17, 15) is 9.18 Å². The van der Waals surface area contributed by atoms with E-state index in [0.717, 1.165) is 35.5 Å². The highest BCUT2D eigenvalue weighted by atomic mass is 19.1. The summed E-state index contributed by atoms with van der Waals surface area (Å²) in [5.41, 5.74) is 3.63. The van der Waals surface area contributed by atoms with Crippen molar-refractivity contribution in [3.8, 4) is 16.9 Å². The summed E-state index contributed by atoms with van der Waals surface area (Å²) in [5, 5.41) is 4.41. The molecule has 1 aliphatic heterocycles. The van der Waals surface area contributed by atoms with Crippen LogP contribution in [0, 0.1) is 5.82 Å². The number of benzene rings is 3. The molecule has 1 saturated heterocycles. The lowest BCUT2D eigenvalue weighted by molar-refractivity contribution is 0.0620. The molecule has 0 aliphatic carbocycles. The Labute approximate surface area is 204 Å². The Morgan fingerprint density at radius 2 is 1.60 bits per heavy atom. The monoisotopic (exact) mass is 470 g/mol. The van der Waals surface area contributed by atoms with E-state index >= 15 is 0 Å². The van der Waals surface area contributed by atoms with Gasteiger partial charge >= 0.3 is 0 Å². The summed E-state index contributed by atoms with van der Waals surface area (Å²) in [6, 6.07) is 26.5. The van der Waals surface area contributed by atoms with Gasteiger partial charge in [-0.3, -0.25) is 9.69 Å². The van der Waals surface area contributed by atoms with Crippen molar-refractivity contribution in [3.05, 3.63) is 108 Å². The highest BCUT2D eigenvalue weighted by molar-refractivity contribution is 5.92. The van der Waals surface area contributed by atoms with Gasteiger partial charge in [0.15, 0.2) is 12.4 Å². The number of halogens is 1. The van der Waals surface area contributed by atoms with Crippen LogP contribution in [-0.4, -0.2) is 51.7 Å². The largest absolute Gasteiger partial charge is 0.471 e. The van der Waals surface area contributed by atoms with Gasteiger partial charge in [0.05, 0.1) is 0 Å². The molecule has 1 aromatic heterocycles. The van der Waals surface area contributed by atoms with Crippen molar-refractivity contribution in [2.45, 2.75) is 13.3 Å². The zero-order valence-corrected chi connectivity index (χ0v) is 19.4. The number of aromatic nitrogens is 2. The number of hydrogen-bond donors (Lipinski definition) is 0. The highest BCUT2D eigenvalue weighted by Gasteiger charge is 2.23. The molecule has 5 rings (SSSR count). The summed E-state index contributed by atoms with van der Waals surface area (Å²) >= 11 is 0. The van der Waals surface area contributed by atoms with Gasteiger partial charge < -0.3 is 9.64 Å². The molecule has 0 N–H and O–H groups in total. The van der Waals surface area contributed by atoms with Crippen LogP contribution >= 0.6 is 0 Å². The number of nitrogens with zero attached hydrogens (tertiary/aromatic N) is 4. The van der Waals surface area contributed by atoms with Crippen LogP contribution in [0.5, 0.6) is 5.75 Å². The molecule has 1 aliphatic rings. The average Bonchev–Trinajstić information content (AvgIpc) is 3.38. The van der Waals surface area contributed by atoms with E-state index in [2.05, 4.69) is 22.1 Å². The van der Waals surface area contributed by atoms with Gasteiger partial charge in [0.25, 0.3) is 5.91 Å². The van der Waals surface area contributed by atoms with Crippen LogP contribution in [0.15, 0.2) is 91.1 Å². The molecule has 7 heteroatoms.